The Morgan fingerprint density at radius 1 is 1.30 bits per heavy atom. The van der Waals surface area contributed by atoms with Crippen molar-refractivity contribution in [3.05, 3.63) is 51.7 Å². The zero-order valence-electron chi connectivity index (χ0n) is 15.2. The molecule has 0 atom stereocenters. The number of aryl methyl sites for hydroxylation is 1. The highest BCUT2D eigenvalue weighted by molar-refractivity contribution is 7.89. The number of thiophene rings is 1. The Bertz CT molecular complexity index is 949. The monoisotopic (exact) mass is 405 g/mol. The van der Waals surface area contributed by atoms with E-state index in [2.05, 4.69) is 21.1 Å². The molecule has 144 valence electrons. The molecule has 1 aromatic heterocycles. The number of fused-ring (bicyclic) bond motifs is 1. The second-order valence-electron chi connectivity index (χ2n) is 7.18. The predicted molar refractivity (Wildman–Crippen MR) is 105 cm³/mol. The summed E-state index contributed by atoms with van der Waals surface area (Å²) in [5.74, 6) is -0.171. The number of carbonyl (C=O) groups excluding carboxylic acids is 1. The first-order chi connectivity index (χ1) is 12.9. The third-order valence-corrected chi connectivity index (χ3v) is 7.70. The summed E-state index contributed by atoms with van der Waals surface area (Å²) >= 11 is 1.82. The van der Waals surface area contributed by atoms with Crippen molar-refractivity contribution in [1.29, 1.82) is 0 Å². The summed E-state index contributed by atoms with van der Waals surface area (Å²) in [7, 11) is -3.66. The van der Waals surface area contributed by atoms with Gasteiger partial charge < -0.3 is 4.90 Å². The van der Waals surface area contributed by atoms with Crippen molar-refractivity contribution in [3.8, 4) is 0 Å². The van der Waals surface area contributed by atoms with Crippen LogP contribution in [0.3, 0.4) is 0 Å². The fraction of sp³-hybridized carbons (Fsp3) is 0.421. The van der Waals surface area contributed by atoms with Gasteiger partial charge in [-0.05, 0) is 48.1 Å². The van der Waals surface area contributed by atoms with E-state index in [0.717, 1.165) is 25.1 Å². The largest absolute Gasteiger partial charge is 0.338 e. The number of carbonyl (C=O) groups is 1. The maximum atomic E-state index is 12.3. The average Bonchev–Trinajstić information content (AvgIpc) is 3.07. The molecule has 6 nitrogen and oxygen atoms in total. The van der Waals surface area contributed by atoms with Crippen molar-refractivity contribution < 1.29 is 13.2 Å². The molecule has 0 unspecified atom stereocenters. The van der Waals surface area contributed by atoms with Gasteiger partial charge in [-0.2, -0.15) is 0 Å². The van der Waals surface area contributed by atoms with Gasteiger partial charge in [0.25, 0.3) is 0 Å². The highest BCUT2D eigenvalue weighted by atomic mass is 32.2. The van der Waals surface area contributed by atoms with Crippen LogP contribution in [-0.4, -0.2) is 56.3 Å². The number of hydrogen-bond acceptors (Lipinski definition) is 5. The Morgan fingerprint density at radius 2 is 2.11 bits per heavy atom. The number of likely N-dealkylation sites (tertiary alicyclic amines) is 1. The summed E-state index contributed by atoms with van der Waals surface area (Å²) in [5, 5.41) is 2.14. The molecule has 0 radical (unpaired) electrons. The third-order valence-electron chi connectivity index (χ3n) is 5.28. The van der Waals surface area contributed by atoms with E-state index in [-0.39, 0.29) is 17.3 Å². The summed E-state index contributed by atoms with van der Waals surface area (Å²) < 4.78 is 27.1. The molecule has 1 aromatic carbocycles. The molecule has 0 saturated carbocycles. The molecule has 8 heteroatoms. The van der Waals surface area contributed by atoms with E-state index in [1.165, 1.54) is 16.5 Å². The fourth-order valence-electron chi connectivity index (χ4n) is 3.61. The van der Waals surface area contributed by atoms with Crippen molar-refractivity contribution >= 4 is 27.3 Å². The molecule has 0 spiro atoms. The van der Waals surface area contributed by atoms with Crippen LogP contribution in [0.4, 0.5) is 0 Å². The lowest BCUT2D eigenvalue weighted by atomic mass is 10.0. The molecule has 2 aliphatic rings. The lowest BCUT2D eigenvalue weighted by molar-refractivity contribution is -0.137. The van der Waals surface area contributed by atoms with Gasteiger partial charge in [0, 0.05) is 37.1 Å². The zero-order valence-corrected chi connectivity index (χ0v) is 16.9. The fourth-order valence-corrected chi connectivity index (χ4v) is 5.57. The third kappa shape index (κ3) is 3.94. The average molecular weight is 406 g/mol. The van der Waals surface area contributed by atoms with Crippen LogP contribution in [0.5, 0.6) is 0 Å². The van der Waals surface area contributed by atoms with Crippen molar-refractivity contribution in [2.24, 2.45) is 0 Å². The van der Waals surface area contributed by atoms with E-state index in [4.69, 9.17) is 0 Å². The Balaban J connectivity index is 1.27. The molecule has 1 saturated heterocycles. The van der Waals surface area contributed by atoms with Crippen molar-refractivity contribution in [2.75, 3.05) is 26.2 Å². The molecule has 3 heterocycles. The normalized spacial score (nSPS) is 18.2. The first-order valence-corrected chi connectivity index (χ1v) is 11.4. The predicted octanol–water partition coefficient (Wildman–Crippen LogP) is 1.60. The minimum absolute atomic E-state index is 0.171. The second-order valence-corrected chi connectivity index (χ2v) is 9.95. The first-order valence-electron chi connectivity index (χ1n) is 9.06. The van der Waals surface area contributed by atoms with E-state index in [9.17, 15) is 13.2 Å². The molecule has 27 heavy (non-hydrogen) atoms. The molecule has 4 rings (SSSR count). The summed E-state index contributed by atoms with van der Waals surface area (Å²) in [6.45, 7) is 4.96. The van der Waals surface area contributed by atoms with E-state index < -0.39 is 10.0 Å². The molecule has 2 aliphatic heterocycles. The highest BCUT2D eigenvalue weighted by Crippen LogP contribution is 2.27. The van der Waals surface area contributed by atoms with E-state index in [0.29, 0.717) is 19.1 Å². The highest BCUT2D eigenvalue weighted by Gasteiger charge is 2.36. The van der Waals surface area contributed by atoms with Gasteiger partial charge in [-0.25, -0.2) is 13.1 Å². The molecule has 1 amide bonds. The summed E-state index contributed by atoms with van der Waals surface area (Å²) in [5.41, 5.74) is 2.27. The minimum Gasteiger partial charge on any atom is -0.338 e. The number of nitrogens with one attached hydrogen (secondary N) is 1. The molecule has 1 fully saturated rings. The van der Waals surface area contributed by atoms with Crippen LogP contribution in [-0.2, 0) is 27.8 Å². The van der Waals surface area contributed by atoms with Crippen LogP contribution in [0.15, 0.2) is 40.6 Å². The summed E-state index contributed by atoms with van der Waals surface area (Å²) in [6, 6.07) is 9.23. The van der Waals surface area contributed by atoms with E-state index in [1.54, 1.807) is 17.0 Å². The van der Waals surface area contributed by atoms with Crippen molar-refractivity contribution in [1.82, 2.24) is 14.5 Å². The van der Waals surface area contributed by atoms with Gasteiger partial charge >= 0.3 is 0 Å². The van der Waals surface area contributed by atoms with Crippen molar-refractivity contribution in [3.63, 3.8) is 0 Å². The Morgan fingerprint density at radius 3 is 2.89 bits per heavy atom. The maximum Gasteiger partial charge on any atom is 0.241 e. The lowest BCUT2D eigenvalue weighted by Gasteiger charge is -2.46. The second kappa shape index (κ2) is 7.35. The van der Waals surface area contributed by atoms with Gasteiger partial charge in [-0.1, -0.05) is 12.1 Å². The Kier molecular flexibility index (Phi) is 5.07. The number of nitrogens with zero attached hydrogens (tertiary/aromatic N) is 2. The number of sulfonamides is 1. The van der Waals surface area contributed by atoms with Gasteiger partial charge in [0.1, 0.15) is 0 Å². The zero-order chi connectivity index (χ0) is 19.0. The quantitative estimate of drug-likeness (QED) is 0.821. The van der Waals surface area contributed by atoms with Crippen LogP contribution in [0.25, 0.3) is 0 Å². The van der Waals surface area contributed by atoms with E-state index >= 15 is 0 Å². The van der Waals surface area contributed by atoms with Gasteiger partial charge in [-0.3, -0.25) is 9.69 Å². The molecular weight excluding hydrogens is 382 g/mol. The lowest BCUT2D eigenvalue weighted by Crippen LogP contribution is -2.62. The van der Waals surface area contributed by atoms with Gasteiger partial charge in [-0.15, -0.1) is 11.3 Å². The molecule has 0 bridgehead atoms. The van der Waals surface area contributed by atoms with Crippen LogP contribution in [0.2, 0.25) is 0 Å². The van der Waals surface area contributed by atoms with Crippen LogP contribution >= 0.6 is 11.3 Å². The standard InChI is InChI=1S/C19H23N3O3S2/c1-14-3-2-4-17(9-14)27(24,25)20-10-19(23)22-12-16(13-22)21-7-5-18-15(11-21)6-8-26-18/h2-4,6,8-9,16,20H,5,7,10-13H2,1H3. The Hall–Kier alpha value is -1.74. The van der Waals surface area contributed by atoms with Gasteiger partial charge in [0.15, 0.2) is 0 Å². The van der Waals surface area contributed by atoms with Crippen LogP contribution in [0, 0.1) is 6.92 Å². The Labute approximate surface area is 163 Å². The van der Waals surface area contributed by atoms with Crippen LogP contribution in [0.1, 0.15) is 16.0 Å². The number of amides is 1. The molecule has 0 aliphatic carbocycles. The van der Waals surface area contributed by atoms with Gasteiger partial charge in [0.2, 0.25) is 15.9 Å². The van der Waals surface area contributed by atoms with Crippen molar-refractivity contribution in [2.45, 2.75) is 30.8 Å². The number of hydrogen-bond donors (Lipinski definition) is 1. The summed E-state index contributed by atoms with van der Waals surface area (Å²) in [6.07, 6.45) is 1.08. The molecule has 2 aromatic rings. The van der Waals surface area contributed by atoms with E-state index in [1.807, 2.05) is 24.3 Å². The summed E-state index contributed by atoms with van der Waals surface area (Å²) in [4.78, 5) is 18.2. The number of benzene rings is 1. The van der Waals surface area contributed by atoms with Crippen LogP contribution < -0.4 is 4.72 Å². The SMILES string of the molecule is Cc1cccc(S(=O)(=O)NCC(=O)N2CC(N3CCc4sccc4C3)C2)c1. The molecule has 1 N–H and O–H groups in total. The maximum absolute atomic E-state index is 12.3. The van der Waals surface area contributed by atoms with Gasteiger partial charge in [0.05, 0.1) is 11.4 Å². The topological polar surface area (TPSA) is 69.7 Å². The smallest absolute Gasteiger partial charge is 0.241 e. The molecular formula is C19H23N3O3S2. The number of rotatable bonds is 5. The first kappa shape index (κ1) is 18.6. The minimum atomic E-state index is -3.66.